The van der Waals surface area contributed by atoms with Crippen LogP contribution in [0.1, 0.15) is 60.3 Å². The molecule has 2 aliphatic rings. The standard InChI is InChI=1S/C25H30ClFN6O2/c1-15-13-33-23(29-24(15)31-10-8-17(28)14-31)12-21(30-33)22-5-3-4-9-32(22)25(34)19-7-6-18(11-20(19)26)35-16(2)27/h6-7,11-13,16-17,22H,3-5,8-10,14,28H2,1-2H3/t16?,17-,22-/m0/s1. The summed E-state index contributed by atoms with van der Waals surface area (Å²) in [6.45, 7) is 5.62. The number of carbonyl (C=O) groups excluding carboxylic acids is 1. The Hall–Kier alpha value is -2.91. The van der Waals surface area contributed by atoms with Crippen LogP contribution >= 0.6 is 11.6 Å². The SMILES string of the molecule is Cc1cn2nc([C@@H]3CCCCN3C(=O)c3ccc(OC(C)F)cc3Cl)cc2nc1N1CC[C@H](N)C1. The van der Waals surface area contributed by atoms with Crippen molar-refractivity contribution in [1.29, 1.82) is 0 Å². The summed E-state index contributed by atoms with van der Waals surface area (Å²) in [6, 6.07) is 6.60. The highest BCUT2D eigenvalue weighted by atomic mass is 35.5. The van der Waals surface area contributed by atoms with E-state index in [0.29, 0.717) is 12.1 Å². The molecule has 3 aromatic rings. The van der Waals surface area contributed by atoms with Gasteiger partial charge in [-0.15, -0.1) is 0 Å². The van der Waals surface area contributed by atoms with Crippen molar-refractivity contribution < 1.29 is 13.9 Å². The lowest BCUT2D eigenvalue weighted by atomic mass is 9.98. The lowest BCUT2D eigenvalue weighted by Crippen LogP contribution is -2.38. The molecule has 0 saturated carbocycles. The van der Waals surface area contributed by atoms with Gasteiger partial charge in [0.05, 0.1) is 22.3 Å². The summed E-state index contributed by atoms with van der Waals surface area (Å²) in [5.74, 6) is 1.05. The van der Waals surface area contributed by atoms with Crippen molar-refractivity contribution in [1.82, 2.24) is 19.5 Å². The molecule has 0 radical (unpaired) electrons. The number of piperidine rings is 1. The van der Waals surface area contributed by atoms with Gasteiger partial charge >= 0.3 is 0 Å². The molecule has 2 aliphatic heterocycles. The van der Waals surface area contributed by atoms with E-state index in [0.717, 1.165) is 61.5 Å². The van der Waals surface area contributed by atoms with Crippen LogP contribution in [0.3, 0.4) is 0 Å². The maximum Gasteiger partial charge on any atom is 0.255 e. The number of hydrogen-bond donors (Lipinski definition) is 1. The number of likely N-dealkylation sites (tertiary alicyclic amines) is 1. The Balaban J connectivity index is 1.43. The van der Waals surface area contributed by atoms with Crippen LogP contribution in [-0.4, -0.2) is 57.4 Å². The highest BCUT2D eigenvalue weighted by molar-refractivity contribution is 6.34. The minimum atomic E-state index is -1.46. The maximum absolute atomic E-state index is 13.5. The molecule has 2 aromatic heterocycles. The number of benzene rings is 1. The number of aryl methyl sites for hydroxylation is 1. The number of ether oxygens (including phenoxy) is 1. The van der Waals surface area contributed by atoms with E-state index in [1.807, 2.05) is 24.1 Å². The van der Waals surface area contributed by atoms with Gasteiger partial charge in [0.1, 0.15) is 11.6 Å². The van der Waals surface area contributed by atoms with Crippen molar-refractivity contribution in [3.05, 3.63) is 52.3 Å². The van der Waals surface area contributed by atoms with Crippen molar-refractivity contribution >= 4 is 29.0 Å². The second kappa shape index (κ2) is 9.62. The van der Waals surface area contributed by atoms with Crippen molar-refractivity contribution in [2.75, 3.05) is 24.5 Å². The molecular weight excluding hydrogens is 471 g/mol. The van der Waals surface area contributed by atoms with Gasteiger partial charge in [-0.3, -0.25) is 4.79 Å². The summed E-state index contributed by atoms with van der Waals surface area (Å²) < 4.78 is 20.0. The highest BCUT2D eigenvalue weighted by Crippen LogP contribution is 2.34. The normalized spacial score (nSPS) is 21.5. The van der Waals surface area contributed by atoms with Gasteiger partial charge in [-0.2, -0.15) is 5.10 Å². The van der Waals surface area contributed by atoms with E-state index < -0.39 is 6.36 Å². The van der Waals surface area contributed by atoms with Crippen LogP contribution in [0, 0.1) is 6.92 Å². The molecule has 0 aliphatic carbocycles. The zero-order chi connectivity index (χ0) is 24.7. The first kappa shape index (κ1) is 23.8. The number of fused-ring (bicyclic) bond motifs is 1. The third-order valence-electron chi connectivity index (χ3n) is 6.72. The molecule has 35 heavy (non-hydrogen) atoms. The van der Waals surface area contributed by atoms with Crippen LogP contribution < -0.4 is 15.4 Å². The van der Waals surface area contributed by atoms with Gasteiger partial charge in [0.15, 0.2) is 5.65 Å². The molecule has 0 spiro atoms. The average molecular weight is 501 g/mol. The van der Waals surface area contributed by atoms with Gasteiger partial charge in [0.25, 0.3) is 5.91 Å². The lowest BCUT2D eigenvalue weighted by molar-refractivity contribution is 0.0605. The summed E-state index contributed by atoms with van der Waals surface area (Å²) in [4.78, 5) is 22.5. The van der Waals surface area contributed by atoms with E-state index in [9.17, 15) is 9.18 Å². The first-order valence-electron chi connectivity index (χ1n) is 12.1. The molecule has 3 atom stereocenters. The Kier molecular flexibility index (Phi) is 6.55. The number of halogens is 2. The Morgan fingerprint density at radius 3 is 2.80 bits per heavy atom. The number of hydrogen-bond acceptors (Lipinski definition) is 6. The zero-order valence-corrected chi connectivity index (χ0v) is 20.7. The molecule has 10 heteroatoms. The van der Waals surface area contributed by atoms with Gasteiger partial charge < -0.3 is 20.3 Å². The minimum absolute atomic E-state index is 0.169. The fourth-order valence-electron chi connectivity index (χ4n) is 5.05. The molecule has 1 aromatic carbocycles. The number of carbonyl (C=O) groups is 1. The summed E-state index contributed by atoms with van der Waals surface area (Å²) in [7, 11) is 0. The molecule has 1 unspecified atom stereocenters. The van der Waals surface area contributed by atoms with E-state index in [1.165, 1.54) is 13.0 Å². The second-order valence-electron chi connectivity index (χ2n) is 9.43. The van der Waals surface area contributed by atoms with Gasteiger partial charge in [-0.25, -0.2) is 13.9 Å². The molecule has 2 fully saturated rings. The number of alkyl halides is 1. The topological polar surface area (TPSA) is 89.0 Å². The van der Waals surface area contributed by atoms with E-state index in [1.54, 1.807) is 16.6 Å². The molecule has 5 rings (SSSR count). The Bertz CT molecular complexity index is 1250. The van der Waals surface area contributed by atoms with Crippen molar-refractivity contribution in [3.63, 3.8) is 0 Å². The predicted molar refractivity (Wildman–Crippen MR) is 133 cm³/mol. The fraction of sp³-hybridized carbons (Fsp3) is 0.480. The molecule has 2 saturated heterocycles. The first-order valence-corrected chi connectivity index (χ1v) is 12.5. The quantitative estimate of drug-likeness (QED) is 0.562. The third kappa shape index (κ3) is 4.79. The van der Waals surface area contributed by atoms with Crippen molar-refractivity contribution in [2.24, 2.45) is 5.73 Å². The van der Waals surface area contributed by atoms with Crippen LogP contribution in [0.2, 0.25) is 5.02 Å². The number of rotatable bonds is 5. The third-order valence-corrected chi connectivity index (χ3v) is 7.04. The summed E-state index contributed by atoms with van der Waals surface area (Å²) in [6.07, 6.45) is 4.19. The highest BCUT2D eigenvalue weighted by Gasteiger charge is 2.32. The van der Waals surface area contributed by atoms with Gasteiger partial charge in [0.2, 0.25) is 6.36 Å². The Labute approximate surface area is 208 Å². The largest absolute Gasteiger partial charge is 0.461 e. The Morgan fingerprint density at radius 2 is 2.09 bits per heavy atom. The predicted octanol–water partition coefficient (Wildman–Crippen LogP) is 4.29. The van der Waals surface area contributed by atoms with Crippen LogP contribution in [-0.2, 0) is 0 Å². The van der Waals surface area contributed by atoms with Crippen LogP contribution in [0.5, 0.6) is 5.75 Å². The van der Waals surface area contributed by atoms with E-state index >= 15 is 0 Å². The van der Waals surface area contributed by atoms with E-state index in [-0.39, 0.29) is 28.8 Å². The van der Waals surface area contributed by atoms with Gasteiger partial charge in [-0.1, -0.05) is 11.6 Å². The smallest absolute Gasteiger partial charge is 0.255 e. The molecule has 186 valence electrons. The molecule has 2 N–H and O–H groups in total. The fourth-order valence-corrected chi connectivity index (χ4v) is 5.30. The van der Waals surface area contributed by atoms with Crippen molar-refractivity contribution in [2.45, 2.75) is 58.0 Å². The second-order valence-corrected chi connectivity index (χ2v) is 9.83. The van der Waals surface area contributed by atoms with Crippen molar-refractivity contribution in [3.8, 4) is 5.75 Å². The zero-order valence-electron chi connectivity index (χ0n) is 20.0. The van der Waals surface area contributed by atoms with E-state index in [2.05, 4.69) is 4.90 Å². The summed E-state index contributed by atoms with van der Waals surface area (Å²) >= 11 is 6.40. The summed E-state index contributed by atoms with van der Waals surface area (Å²) in [5, 5.41) is 5.03. The lowest BCUT2D eigenvalue weighted by Gasteiger charge is -2.35. The molecule has 0 bridgehead atoms. The van der Waals surface area contributed by atoms with Gasteiger partial charge in [0, 0.05) is 50.4 Å². The molecular formula is C25H30ClFN6O2. The minimum Gasteiger partial charge on any atom is -0.461 e. The number of nitrogens with zero attached hydrogens (tertiary/aromatic N) is 5. The van der Waals surface area contributed by atoms with Crippen LogP contribution in [0.25, 0.3) is 5.65 Å². The summed E-state index contributed by atoms with van der Waals surface area (Å²) in [5.41, 5.74) is 9.06. The molecule has 8 nitrogen and oxygen atoms in total. The van der Waals surface area contributed by atoms with E-state index in [4.69, 9.17) is 32.2 Å². The number of aromatic nitrogens is 3. The first-order chi connectivity index (χ1) is 16.8. The average Bonchev–Trinajstić information content (AvgIpc) is 3.43. The van der Waals surface area contributed by atoms with Crippen LogP contribution in [0.4, 0.5) is 10.2 Å². The number of nitrogens with two attached hydrogens (primary N) is 1. The number of anilines is 1. The monoisotopic (exact) mass is 500 g/mol. The van der Waals surface area contributed by atoms with Gasteiger partial charge in [-0.05, 0) is 50.8 Å². The van der Waals surface area contributed by atoms with Crippen LogP contribution in [0.15, 0.2) is 30.5 Å². The Morgan fingerprint density at radius 1 is 1.26 bits per heavy atom. The maximum atomic E-state index is 13.5. The molecule has 1 amide bonds. The number of amides is 1. The molecule has 4 heterocycles.